The minimum atomic E-state index is -0.0782. The van der Waals surface area contributed by atoms with Crippen LogP contribution in [-0.4, -0.2) is 0 Å². The van der Waals surface area contributed by atoms with Gasteiger partial charge in [-0.25, -0.2) is 5.43 Å². The molecule has 94 valence electrons. The van der Waals surface area contributed by atoms with E-state index in [4.69, 9.17) is 11.6 Å². The van der Waals surface area contributed by atoms with Crippen molar-refractivity contribution in [1.82, 2.24) is 5.43 Å². The number of hydrogen-bond acceptors (Lipinski definition) is 3. The number of aryl methyl sites for hydroxylation is 2. The molecule has 0 bridgehead atoms. The molecular weight excluding hydrogens is 222 g/mol. The summed E-state index contributed by atoms with van der Waals surface area (Å²) < 4.78 is 0. The number of hydrazine groups is 1. The van der Waals surface area contributed by atoms with Crippen LogP contribution in [0.15, 0.2) is 42.5 Å². The van der Waals surface area contributed by atoms with Crippen molar-refractivity contribution in [2.45, 2.75) is 19.9 Å². The normalized spacial score (nSPS) is 12.4. The predicted octanol–water partition coefficient (Wildman–Crippen LogP) is 2.44. The molecule has 1 atom stereocenters. The maximum atomic E-state index is 6.01. The van der Waals surface area contributed by atoms with Gasteiger partial charge in [0.1, 0.15) is 0 Å². The molecule has 0 aromatic heterocycles. The van der Waals surface area contributed by atoms with E-state index in [0.717, 1.165) is 16.8 Å². The summed E-state index contributed by atoms with van der Waals surface area (Å²) in [5, 5.41) is 0. The average Bonchev–Trinajstić information content (AvgIpc) is 2.37. The molecule has 0 spiro atoms. The van der Waals surface area contributed by atoms with E-state index < -0.39 is 0 Å². The molecule has 0 aliphatic carbocycles. The van der Waals surface area contributed by atoms with Crippen LogP contribution in [0.2, 0.25) is 0 Å². The summed E-state index contributed by atoms with van der Waals surface area (Å²) in [5.74, 6) is 5.69. The highest BCUT2D eigenvalue weighted by molar-refractivity contribution is 5.51. The van der Waals surface area contributed by atoms with E-state index in [-0.39, 0.29) is 6.04 Å². The second kappa shape index (κ2) is 5.21. The standard InChI is InChI=1S/C15H19N3/c1-10-7-8-12(9-11(10)2)15(18-17)13-5-3-4-6-14(13)16/h3-9,15,18H,16-17H2,1-2H3. The van der Waals surface area contributed by atoms with Crippen LogP contribution in [0.4, 0.5) is 5.69 Å². The van der Waals surface area contributed by atoms with Gasteiger partial charge in [-0.1, -0.05) is 36.4 Å². The summed E-state index contributed by atoms with van der Waals surface area (Å²) in [4.78, 5) is 0. The van der Waals surface area contributed by atoms with Crippen molar-refractivity contribution in [3.63, 3.8) is 0 Å². The first-order valence-corrected chi connectivity index (χ1v) is 6.01. The zero-order valence-corrected chi connectivity index (χ0v) is 10.8. The van der Waals surface area contributed by atoms with Crippen LogP contribution >= 0.6 is 0 Å². The van der Waals surface area contributed by atoms with Gasteiger partial charge in [-0.2, -0.15) is 0 Å². The lowest BCUT2D eigenvalue weighted by Gasteiger charge is -2.19. The van der Waals surface area contributed by atoms with E-state index in [9.17, 15) is 0 Å². The fraction of sp³-hybridized carbons (Fsp3) is 0.200. The Morgan fingerprint density at radius 2 is 1.72 bits per heavy atom. The third kappa shape index (κ3) is 2.37. The number of rotatable bonds is 3. The number of anilines is 1. The molecule has 3 heteroatoms. The zero-order chi connectivity index (χ0) is 13.1. The van der Waals surface area contributed by atoms with E-state index in [1.165, 1.54) is 11.1 Å². The van der Waals surface area contributed by atoms with E-state index in [2.05, 4.69) is 37.5 Å². The maximum absolute atomic E-state index is 6.01. The topological polar surface area (TPSA) is 64.1 Å². The first kappa shape index (κ1) is 12.6. The quantitative estimate of drug-likeness (QED) is 0.439. The number of nitrogens with two attached hydrogens (primary N) is 2. The van der Waals surface area contributed by atoms with Crippen molar-refractivity contribution in [2.24, 2.45) is 5.84 Å². The van der Waals surface area contributed by atoms with Gasteiger partial charge >= 0.3 is 0 Å². The molecule has 0 amide bonds. The first-order chi connectivity index (χ1) is 8.63. The number of nitrogens with one attached hydrogen (secondary N) is 1. The Morgan fingerprint density at radius 3 is 2.33 bits per heavy atom. The Hall–Kier alpha value is -1.84. The van der Waals surface area contributed by atoms with Gasteiger partial charge < -0.3 is 5.73 Å². The summed E-state index contributed by atoms with van der Waals surface area (Å²) in [6.07, 6.45) is 0. The van der Waals surface area contributed by atoms with Crippen LogP contribution in [-0.2, 0) is 0 Å². The summed E-state index contributed by atoms with van der Waals surface area (Å²) in [6, 6.07) is 14.0. The van der Waals surface area contributed by atoms with Crippen molar-refractivity contribution in [2.75, 3.05) is 5.73 Å². The molecule has 0 saturated heterocycles. The summed E-state index contributed by atoms with van der Waals surface area (Å²) in [5.41, 5.74) is 14.3. The van der Waals surface area contributed by atoms with Gasteiger partial charge in [0, 0.05) is 5.69 Å². The average molecular weight is 241 g/mol. The van der Waals surface area contributed by atoms with Crippen LogP contribution in [0.5, 0.6) is 0 Å². The highest BCUT2D eigenvalue weighted by Gasteiger charge is 2.15. The molecule has 0 aliphatic rings. The smallest absolute Gasteiger partial charge is 0.0730 e. The predicted molar refractivity (Wildman–Crippen MR) is 75.9 cm³/mol. The van der Waals surface area contributed by atoms with Gasteiger partial charge in [0.2, 0.25) is 0 Å². The van der Waals surface area contributed by atoms with Gasteiger partial charge in [0.15, 0.2) is 0 Å². The molecule has 3 nitrogen and oxygen atoms in total. The third-order valence-corrected chi connectivity index (χ3v) is 3.34. The van der Waals surface area contributed by atoms with Crippen molar-refractivity contribution < 1.29 is 0 Å². The lowest BCUT2D eigenvalue weighted by atomic mass is 9.95. The molecular formula is C15H19N3. The first-order valence-electron chi connectivity index (χ1n) is 6.01. The third-order valence-electron chi connectivity index (χ3n) is 3.34. The van der Waals surface area contributed by atoms with E-state index in [1.807, 2.05) is 24.3 Å². The molecule has 0 heterocycles. The van der Waals surface area contributed by atoms with E-state index in [1.54, 1.807) is 0 Å². The number of para-hydroxylation sites is 1. The summed E-state index contributed by atoms with van der Waals surface area (Å²) in [7, 11) is 0. The molecule has 0 radical (unpaired) electrons. The monoisotopic (exact) mass is 241 g/mol. The molecule has 0 aliphatic heterocycles. The Bertz CT molecular complexity index is 549. The maximum Gasteiger partial charge on any atom is 0.0730 e. The Kier molecular flexibility index (Phi) is 3.65. The molecule has 2 aromatic carbocycles. The number of benzene rings is 2. The van der Waals surface area contributed by atoms with Crippen molar-refractivity contribution in [3.8, 4) is 0 Å². The lowest BCUT2D eigenvalue weighted by molar-refractivity contribution is 0.638. The molecule has 0 saturated carbocycles. The van der Waals surface area contributed by atoms with Gasteiger partial charge in [0.25, 0.3) is 0 Å². The SMILES string of the molecule is Cc1ccc(C(NN)c2ccccc2N)cc1C. The van der Waals surface area contributed by atoms with Gasteiger partial charge in [-0.05, 0) is 42.2 Å². The van der Waals surface area contributed by atoms with Crippen LogP contribution in [0.25, 0.3) is 0 Å². The fourth-order valence-electron chi connectivity index (χ4n) is 2.08. The zero-order valence-electron chi connectivity index (χ0n) is 10.8. The molecule has 1 unspecified atom stereocenters. The van der Waals surface area contributed by atoms with Crippen LogP contribution in [0, 0.1) is 13.8 Å². The Balaban J connectivity index is 2.45. The minimum Gasteiger partial charge on any atom is -0.398 e. The molecule has 0 fully saturated rings. The molecule has 18 heavy (non-hydrogen) atoms. The van der Waals surface area contributed by atoms with Gasteiger partial charge in [-0.3, -0.25) is 5.84 Å². The molecule has 5 N–H and O–H groups in total. The van der Waals surface area contributed by atoms with Crippen molar-refractivity contribution >= 4 is 5.69 Å². The minimum absolute atomic E-state index is 0.0782. The van der Waals surface area contributed by atoms with Crippen LogP contribution in [0.3, 0.4) is 0 Å². The highest BCUT2D eigenvalue weighted by Crippen LogP contribution is 2.27. The van der Waals surface area contributed by atoms with Crippen LogP contribution < -0.4 is 17.0 Å². The Morgan fingerprint density at radius 1 is 1.00 bits per heavy atom. The molecule has 2 rings (SSSR count). The van der Waals surface area contributed by atoms with Gasteiger partial charge in [-0.15, -0.1) is 0 Å². The second-order valence-corrected chi connectivity index (χ2v) is 4.57. The van der Waals surface area contributed by atoms with Crippen molar-refractivity contribution in [3.05, 3.63) is 64.7 Å². The van der Waals surface area contributed by atoms with Crippen LogP contribution in [0.1, 0.15) is 28.3 Å². The highest BCUT2D eigenvalue weighted by atomic mass is 15.2. The fourth-order valence-corrected chi connectivity index (χ4v) is 2.08. The van der Waals surface area contributed by atoms with Crippen molar-refractivity contribution in [1.29, 1.82) is 0 Å². The molecule has 2 aromatic rings. The summed E-state index contributed by atoms with van der Waals surface area (Å²) >= 11 is 0. The van der Waals surface area contributed by atoms with E-state index >= 15 is 0 Å². The number of hydrogen-bond donors (Lipinski definition) is 3. The largest absolute Gasteiger partial charge is 0.398 e. The van der Waals surface area contributed by atoms with Gasteiger partial charge in [0.05, 0.1) is 6.04 Å². The summed E-state index contributed by atoms with van der Waals surface area (Å²) in [6.45, 7) is 4.20. The number of nitrogen functional groups attached to an aromatic ring is 1. The Labute approximate surface area is 108 Å². The second-order valence-electron chi connectivity index (χ2n) is 4.57. The van der Waals surface area contributed by atoms with E-state index in [0.29, 0.717) is 0 Å². The lowest BCUT2D eigenvalue weighted by Crippen LogP contribution is -2.29.